The largest absolute Gasteiger partial charge is 0.481 e. The summed E-state index contributed by atoms with van der Waals surface area (Å²) in [5, 5.41) is 3.09. The van der Waals surface area contributed by atoms with E-state index in [-0.39, 0.29) is 0 Å². The lowest BCUT2D eigenvalue weighted by atomic mass is 10.1. The van der Waals surface area contributed by atoms with Gasteiger partial charge in [0.25, 0.3) is 0 Å². The van der Waals surface area contributed by atoms with Crippen LogP contribution in [0.1, 0.15) is 11.6 Å². The first-order chi connectivity index (χ1) is 9.60. The smallest absolute Gasteiger partial charge is 0.244 e. The molecule has 3 N–H and O–H groups in total. The van der Waals surface area contributed by atoms with Gasteiger partial charge in [-0.25, -0.2) is 4.98 Å². The fourth-order valence-electron chi connectivity index (χ4n) is 1.75. The topological polar surface area (TPSA) is 77.2 Å². The average Bonchev–Trinajstić information content (AvgIpc) is 2.45. The van der Waals surface area contributed by atoms with Crippen molar-refractivity contribution >= 4 is 27.5 Å². The number of carbonyl (C=O) groups is 1. The minimum absolute atomic E-state index is 0.475. The van der Waals surface area contributed by atoms with Gasteiger partial charge in [0, 0.05) is 28.0 Å². The molecule has 1 aromatic carbocycles. The molecule has 0 aliphatic carbocycles. The van der Waals surface area contributed by atoms with E-state index in [1.54, 1.807) is 18.3 Å². The lowest BCUT2D eigenvalue weighted by molar-refractivity contribution is -0.118. The van der Waals surface area contributed by atoms with Gasteiger partial charge in [-0.2, -0.15) is 0 Å². The highest BCUT2D eigenvalue weighted by molar-refractivity contribution is 9.10. The Kier molecular flexibility index (Phi) is 4.57. The molecule has 0 aliphatic rings. The van der Waals surface area contributed by atoms with Crippen molar-refractivity contribution in [2.45, 2.75) is 6.04 Å². The quantitative estimate of drug-likeness (QED) is 0.879. The third-order valence-electron chi connectivity index (χ3n) is 2.72. The molecule has 104 valence electrons. The summed E-state index contributed by atoms with van der Waals surface area (Å²) < 4.78 is 5.90. The molecule has 0 aliphatic heterocycles. The summed E-state index contributed by atoms with van der Waals surface area (Å²) in [5.41, 5.74) is 6.92. The molecule has 6 heteroatoms. The minimum atomic E-state index is -0.650. The first-order valence-corrected chi connectivity index (χ1v) is 6.71. The molecule has 1 unspecified atom stereocenters. The number of nitrogens with one attached hydrogen (secondary N) is 1. The first kappa shape index (κ1) is 14.3. The number of anilines is 1. The highest BCUT2D eigenvalue weighted by Gasteiger charge is 2.18. The van der Waals surface area contributed by atoms with Crippen LogP contribution in [0.15, 0.2) is 47.1 Å². The van der Waals surface area contributed by atoms with Crippen LogP contribution in [0.2, 0.25) is 0 Å². The van der Waals surface area contributed by atoms with E-state index in [9.17, 15) is 4.79 Å². The second-order valence-electron chi connectivity index (χ2n) is 4.12. The Balaban J connectivity index is 2.24. The van der Waals surface area contributed by atoms with Crippen LogP contribution in [0.25, 0.3) is 0 Å². The van der Waals surface area contributed by atoms with Crippen molar-refractivity contribution in [3.8, 4) is 5.88 Å². The molecule has 1 atom stereocenters. The first-order valence-electron chi connectivity index (χ1n) is 5.91. The molecule has 5 nitrogen and oxygen atoms in total. The van der Waals surface area contributed by atoms with Gasteiger partial charge in [0.15, 0.2) is 0 Å². The van der Waals surface area contributed by atoms with E-state index in [1.165, 1.54) is 7.11 Å². The van der Waals surface area contributed by atoms with Gasteiger partial charge in [-0.1, -0.05) is 22.0 Å². The molecule has 0 saturated carbocycles. The van der Waals surface area contributed by atoms with Crippen LogP contribution < -0.4 is 15.8 Å². The number of ether oxygens (including phenoxy) is 1. The van der Waals surface area contributed by atoms with Gasteiger partial charge in [0.1, 0.15) is 6.04 Å². The summed E-state index contributed by atoms with van der Waals surface area (Å²) in [6.45, 7) is 0. The Labute approximate surface area is 125 Å². The van der Waals surface area contributed by atoms with Crippen LogP contribution in [-0.4, -0.2) is 18.0 Å². The predicted octanol–water partition coefficient (Wildman–Crippen LogP) is 2.49. The van der Waals surface area contributed by atoms with Crippen LogP contribution in [0, 0.1) is 0 Å². The molecule has 1 aromatic heterocycles. The molecule has 0 spiro atoms. The van der Waals surface area contributed by atoms with Crippen LogP contribution in [0.3, 0.4) is 0 Å². The maximum atomic E-state index is 11.6. The number of hydrogen-bond acceptors (Lipinski definition) is 4. The fraction of sp³-hybridized carbons (Fsp3) is 0.143. The Morgan fingerprint density at radius 3 is 2.75 bits per heavy atom. The van der Waals surface area contributed by atoms with Crippen molar-refractivity contribution in [1.29, 1.82) is 0 Å². The summed E-state index contributed by atoms with van der Waals surface area (Å²) in [5.74, 6) is 0.0105. The number of hydrogen-bond donors (Lipinski definition) is 2. The Morgan fingerprint density at radius 1 is 1.40 bits per heavy atom. The molecule has 0 fully saturated rings. The molecule has 20 heavy (non-hydrogen) atoms. The molecule has 1 amide bonds. The predicted molar refractivity (Wildman–Crippen MR) is 80.5 cm³/mol. The second-order valence-corrected chi connectivity index (χ2v) is 5.04. The van der Waals surface area contributed by atoms with Gasteiger partial charge in [0.2, 0.25) is 11.8 Å². The summed E-state index contributed by atoms with van der Waals surface area (Å²) in [7, 11) is 1.54. The van der Waals surface area contributed by atoms with E-state index >= 15 is 0 Å². The molecule has 2 rings (SSSR count). The zero-order chi connectivity index (χ0) is 14.5. The number of nitrogens with two attached hydrogens (primary N) is 1. The molecular weight excluding hydrogens is 322 g/mol. The SMILES string of the molecule is COc1ccc(C(Nc2cccc(Br)c2)C(N)=O)cn1. The Morgan fingerprint density at radius 2 is 2.20 bits per heavy atom. The van der Waals surface area contributed by atoms with E-state index in [4.69, 9.17) is 10.5 Å². The van der Waals surface area contributed by atoms with Crippen molar-refractivity contribution in [2.75, 3.05) is 12.4 Å². The van der Waals surface area contributed by atoms with Gasteiger partial charge < -0.3 is 15.8 Å². The highest BCUT2D eigenvalue weighted by atomic mass is 79.9. The summed E-state index contributed by atoms with van der Waals surface area (Å²) in [4.78, 5) is 15.7. The monoisotopic (exact) mass is 335 g/mol. The summed E-state index contributed by atoms with van der Waals surface area (Å²) in [6, 6.07) is 10.3. The maximum absolute atomic E-state index is 11.6. The normalized spacial score (nSPS) is 11.7. The number of benzene rings is 1. The van der Waals surface area contributed by atoms with Gasteiger partial charge >= 0.3 is 0 Å². The highest BCUT2D eigenvalue weighted by Crippen LogP contribution is 2.22. The van der Waals surface area contributed by atoms with E-state index in [2.05, 4.69) is 26.2 Å². The van der Waals surface area contributed by atoms with Crippen molar-refractivity contribution < 1.29 is 9.53 Å². The van der Waals surface area contributed by atoms with Gasteiger partial charge in [0.05, 0.1) is 7.11 Å². The third-order valence-corrected chi connectivity index (χ3v) is 3.22. The number of halogens is 1. The Bertz CT molecular complexity index is 602. The van der Waals surface area contributed by atoms with Crippen LogP contribution >= 0.6 is 15.9 Å². The number of primary amides is 1. The fourth-order valence-corrected chi connectivity index (χ4v) is 2.15. The van der Waals surface area contributed by atoms with Crippen molar-refractivity contribution in [1.82, 2.24) is 4.98 Å². The number of methoxy groups -OCH3 is 1. The van der Waals surface area contributed by atoms with E-state index < -0.39 is 11.9 Å². The van der Waals surface area contributed by atoms with Gasteiger partial charge in [-0.05, 0) is 24.3 Å². The van der Waals surface area contributed by atoms with Crippen molar-refractivity contribution in [3.63, 3.8) is 0 Å². The third kappa shape index (κ3) is 3.48. The van der Waals surface area contributed by atoms with Crippen molar-refractivity contribution in [3.05, 3.63) is 52.6 Å². The van der Waals surface area contributed by atoms with Gasteiger partial charge in [-0.3, -0.25) is 4.79 Å². The Hall–Kier alpha value is -2.08. The number of pyridine rings is 1. The van der Waals surface area contributed by atoms with Gasteiger partial charge in [-0.15, -0.1) is 0 Å². The summed E-state index contributed by atoms with van der Waals surface area (Å²) >= 11 is 3.38. The maximum Gasteiger partial charge on any atom is 0.244 e. The van der Waals surface area contributed by atoms with Crippen LogP contribution in [0.5, 0.6) is 5.88 Å². The van der Waals surface area contributed by atoms with E-state index in [0.29, 0.717) is 11.4 Å². The molecule has 1 heterocycles. The average molecular weight is 336 g/mol. The van der Waals surface area contributed by atoms with Crippen LogP contribution in [0.4, 0.5) is 5.69 Å². The number of rotatable bonds is 5. The standard InChI is InChI=1S/C14H14BrN3O2/c1-20-12-6-5-9(8-17-12)13(14(16)19)18-11-4-2-3-10(15)7-11/h2-8,13,18H,1H3,(H2,16,19). The molecular formula is C14H14BrN3O2. The zero-order valence-electron chi connectivity index (χ0n) is 10.8. The lowest BCUT2D eigenvalue weighted by Crippen LogP contribution is -2.27. The second kappa shape index (κ2) is 6.38. The van der Waals surface area contributed by atoms with Crippen LogP contribution in [-0.2, 0) is 4.79 Å². The number of nitrogens with zero attached hydrogens (tertiary/aromatic N) is 1. The number of carbonyl (C=O) groups excluding carboxylic acids is 1. The lowest BCUT2D eigenvalue weighted by Gasteiger charge is -2.17. The number of amides is 1. The molecule has 2 aromatic rings. The minimum Gasteiger partial charge on any atom is -0.481 e. The molecule has 0 radical (unpaired) electrons. The summed E-state index contributed by atoms with van der Waals surface area (Å²) in [6.07, 6.45) is 1.57. The van der Waals surface area contributed by atoms with Crippen molar-refractivity contribution in [2.24, 2.45) is 5.73 Å². The molecule has 0 saturated heterocycles. The van der Waals surface area contributed by atoms with E-state index in [1.807, 2.05) is 24.3 Å². The number of aromatic nitrogens is 1. The molecule has 0 bridgehead atoms. The van der Waals surface area contributed by atoms with E-state index in [0.717, 1.165) is 10.2 Å². The zero-order valence-corrected chi connectivity index (χ0v) is 12.4.